The maximum Gasteiger partial charge on any atom is 0.405 e. The van der Waals surface area contributed by atoms with Crippen molar-refractivity contribution in [2.24, 2.45) is 5.73 Å². The average Bonchev–Trinajstić information content (AvgIpc) is 2.41. The SMILES string of the molecule is Cc1ccc(C(N)C(=O)NCC(=O)NCC(F)(F)F)cc1.Cl. The summed E-state index contributed by atoms with van der Waals surface area (Å²) < 4.78 is 35.6. The lowest BCUT2D eigenvalue weighted by Crippen LogP contribution is -2.43. The quantitative estimate of drug-likeness (QED) is 0.754. The van der Waals surface area contributed by atoms with Gasteiger partial charge in [0.25, 0.3) is 0 Å². The van der Waals surface area contributed by atoms with Crippen LogP contribution in [0.25, 0.3) is 0 Å². The highest BCUT2D eigenvalue weighted by molar-refractivity contribution is 5.88. The van der Waals surface area contributed by atoms with E-state index in [0.717, 1.165) is 5.56 Å². The molecule has 22 heavy (non-hydrogen) atoms. The lowest BCUT2D eigenvalue weighted by molar-refractivity contribution is -0.138. The normalized spacial score (nSPS) is 12.0. The number of hydrogen-bond donors (Lipinski definition) is 3. The van der Waals surface area contributed by atoms with Gasteiger partial charge in [0.2, 0.25) is 11.8 Å². The largest absolute Gasteiger partial charge is 0.405 e. The maximum atomic E-state index is 11.9. The first kappa shape index (κ1) is 20.2. The van der Waals surface area contributed by atoms with Gasteiger partial charge in [-0.2, -0.15) is 13.2 Å². The number of halogens is 4. The Balaban J connectivity index is 0.00000441. The van der Waals surface area contributed by atoms with Crippen molar-refractivity contribution in [3.8, 4) is 0 Å². The van der Waals surface area contributed by atoms with Gasteiger partial charge in [-0.05, 0) is 12.5 Å². The van der Waals surface area contributed by atoms with Gasteiger partial charge >= 0.3 is 6.18 Å². The van der Waals surface area contributed by atoms with Gasteiger partial charge in [0, 0.05) is 0 Å². The molecule has 1 unspecified atom stereocenters. The molecule has 0 radical (unpaired) electrons. The lowest BCUT2D eigenvalue weighted by Gasteiger charge is -2.13. The van der Waals surface area contributed by atoms with E-state index < -0.39 is 37.1 Å². The number of alkyl halides is 3. The van der Waals surface area contributed by atoms with E-state index in [1.165, 1.54) is 0 Å². The fourth-order valence-electron chi connectivity index (χ4n) is 1.46. The Labute approximate surface area is 131 Å². The summed E-state index contributed by atoms with van der Waals surface area (Å²) in [4.78, 5) is 22.8. The molecule has 0 aliphatic rings. The number of aryl methyl sites for hydroxylation is 1. The minimum absolute atomic E-state index is 0. The summed E-state index contributed by atoms with van der Waals surface area (Å²) >= 11 is 0. The molecule has 1 rings (SSSR count). The van der Waals surface area contributed by atoms with Crippen molar-refractivity contribution in [2.45, 2.75) is 19.1 Å². The molecule has 0 aliphatic carbocycles. The van der Waals surface area contributed by atoms with Crippen LogP contribution in [-0.4, -0.2) is 31.1 Å². The van der Waals surface area contributed by atoms with Crippen LogP contribution in [0.2, 0.25) is 0 Å². The number of amides is 2. The number of benzene rings is 1. The van der Waals surface area contributed by atoms with E-state index in [4.69, 9.17) is 5.73 Å². The Morgan fingerprint density at radius 3 is 2.23 bits per heavy atom. The summed E-state index contributed by atoms with van der Waals surface area (Å²) in [6.45, 7) is -0.124. The zero-order chi connectivity index (χ0) is 16.0. The highest BCUT2D eigenvalue weighted by Crippen LogP contribution is 2.12. The van der Waals surface area contributed by atoms with Crippen molar-refractivity contribution in [1.29, 1.82) is 0 Å². The number of rotatable bonds is 5. The van der Waals surface area contributed by atoms with Crippen molar-refractivity contribution < 1.29 is 22.8 Å². The summed E-state index contributed by atoms with van der Waals surface area (Å²) in [5.74, 6) is -1.57. The van der Waals surface area contributed by atoms with Gasteiger partial charge in [0.05, 0.1) is 6.54 Å². The molecule has 0 saturated heterocycles. The second-order valence-corrected chi connectivity index (χ2v) is 4.50. The van der Waals surface area contributed by atoms with Gasteiger partial charge < -0.3 is 16.4 Å². The van der Waals surface area contributed by atoms with Crippen LogP contribution in [0.1, 0.15) is 17.2 Å². The maximum absolute atomic E-state index is 11.9. The van der Waals surface area contributed by atoms with E-state index in [0.29, 0.717) is 5.56 Å². The highest BCUT2D eigenvalue weighted by atomic mass is 35.5. The molecule has 9 heteroatoms. The average molecular weight is 340 g/mol. The fraction of sp³-hybridized carbons (Fsp3) is 0.385. The Kier molecular flexibility index (Phi) is 7.89. The van der Waals surface area contributed by atoms with Crippen LogP contribution in [0.5, 0.6) is 0 Å². The molecule has 1 atom stereocenters. The van der Waals surface area contributed by atoms with Crippen LogP contribution < -0.4 is 16.4 Å². The van der Waals surface area contributed by atoms with Crippen LogP contribution >= 0.6 is 12.4 Å². The number of hydrogen-bond acceptors (Lipinski definition) is 3. The van der Waals surface area contributed by atoms with E-state index in [1.807, 2.05) is 6.92 Å². The van der Waals surface area contributed by atoms with Crippen LogP contribution in [0.3, 0.4) is 0 Å². The zero-order valence-electron chi connectivity index (χ0n) is 11.7. The molecule has 1 aromatic rings. The summed E-state index contributed by atoms with van der Waals surface area (Å²) in [7, 11) is 0. The first-order valence-electron chi connectivity index (χ1n) is 6.12. The molecule has 0 fully saturated rings. The molecule has 0 aromatic heterocycles. The standard InChI is InChI=1S/C13H16F3N3O2.ClH/c1-8-2-4-9(5-3-8)11(17)12(21)18-6-10(20)19-7-13(14,15)16;/h2-5,11H,6-7,17H2,1H3,(H,18,21)(H,19,20);1H. The van der Waals surface area contributed by atoms with E-state index in [-0.39, 0.29) is 12.4 Å². The van der Waals surface area contributed by atoms with Gasteiger partial charge in [0.15, 0.2) is 0 Å². The number of nitrogens with one attached hydrogen (secondary N) is 2. The Morgan fingerprint density at radius 1 is 1.18 bits per heavy atom. The molecule has 4 N–H and O–H groups in total. The predicted molar refractivity (Wildman–Crippen MR) is 77.4 cm³/mol. The highest BCUT2D eigenvalue weighted by Gasteiger charge is 2.27. The molecule has 5 nitrogen and oxygen atoms in total. The Bertz CT molecular complexity index is 506. The number of carbonyl (C=O) groups excluding carboxylic acids is 2. The smallest absolute Gasteiger partial charge is 0.345 e. The van der Waals surface area contributed by atoms with Gasteiger partial charge in [-0.25, -0.2) is 0 Å². The summed E-state index contributed by atoms with van der Waals surface area (Å²) in [5.41, 5.74) is 7.24. The summed E-state index contributed by atoms with van der Waals surface area (Å²) in [6.07, 6.45) is -4.49. The second-order valence-electron chi connectivity index (χ2n) is 4.50. The minimum atomic E-state index is -4.49. The first-order chi connectivity index (χ1) is 9.69. The Morgan fingerprint density at radius 2 is 1.73 bits per heavy atom. The monoisotopic (exact) mass is 339 g/mol. The third-order valence-corrected chi connectivity index (χ3v) is 2.63. The van der Waals surface area contributed by atoms with Crippen molar-refractivity contribution in [2.75, 3.05) is 13.1 Å². The van der Waals surface area contributed by atoms with Gasteiger partial charge in [-0.1, -0.05) is 29.8 Å². The predicted octanol–water partition coefficient (Wildman–Crippen LogP) is 1.21. The Hall–Kier alpha value is -1.80. The summed E-state index contributed by atoms with van der Waals surface area (Å²) in [5, 5.41) is 3.83. The molecule has 124 valence electrons. The van der Waals surface area contributed by atoms with Gasteiger partial charge in [-0.15, -0.1) is 12.4 Å². The summed E-state index contributed by atoms with van der Waals surface area (Å²) in [6, 6.07) is 5.91. The van der Waals surface area contributed by atoms with Gasteiger partial charge in [-0.3, -0.25) is 9.59 Å². The topological polar surface area (TPSA) is 84.2 Å². The van der Waals surface area contributed by atoms with Crippen LogP contribution in [0, 0.1) is 6.92 Å². The third-order valence-electron chi connectivity index (χ3n) is 2.63. The molecule has 0 heterocycles. The molecular formula is C13H17ClF3N3O2. The molecule has 2 amide bonds. The zero-order valence-corrected chi connectivity index (χ0v) is 12.6. The van der Waals surface area contributed by atoms with E-state index in [1.54, 1.807) is 29.6 Å². The lowest BCUT2D eigenvalue weighted by atomic mass is 10.1. The van der Waals surface area contributed by atoms with E-state index in [9.17, 15) is 22.8 Å². The third kappa shape index (κ3) is 7.28. The molecule has 0 aliphatic heterocycles. The molecular weight excluding hydrogens is 323 g/mol. The second kappa shape index (κ2) is 8.60. The first-order valence-corrected chi connectivity index (χ1v) is 6.12. The van der Waals surface area contributed by atoms with Crippen molar-refractivity contribution in [3.63, 3.8) is 0 Å². The van der Waals surface area contributed by atoms with Crippen molar-refractivity contribution in [3.05, 3.63) is 35.4 Å². The van der Waals surface area contributed by atoms with Crippen molar-refractivity contribution in [1.82, 2.24) is 10.6 Å². The molecule has 0 saturated carbocycles. The molecule has 0 bridgehead atoms. The van der Waals surface area contributed by atoms with Gasteiger partial charge in [0.1, 0.15) is 12.6 Å². The molecule has 0 spiro atoms. The number of carbonyl (C=O) groups is 2. The van der Waals surface area contributed by atoms with Crippen LogP contribution in [-0.2, 0) is 9.59 Å². The fourth-order valence-corrected chi connectivity index (χ4v) is 1.46. The van der Waals surface area contributed by atoms with E-state index >= 15 is 0 Å². The van der Waals surface area contributed by atoms with Crippen LogP contribution in [0.15, 0.2) is 24.3 Å². The number of nitrogens with two attached hydrogens (primary N) is 1. The van der Waals surface area contributed by atoms with Crippen LogP contribution in [0.4, 0.5) is 13.2 Å². The molecule has 1 aromatic carbocycles. The minimum Gasteiger partial charge on any atom is -0.345 e. The van der Waals surface area contributed by atoms with Crippen molar-refractivity contribution >= 4 is 24.2 Å². The van der Waals surface area contributed by atoms with E-state index in [2.05, 4.69) is 5.32 Å².